The first-order chi connectivity index (χ1) is 20.5. The van der Waals surface area contributed by atoms with Crippen LogP contribution in [-0.4, -0.2) is 28.6 Å². The Labute approximate surface area is 244 Å². The van der Waals surface area contributed by atoms with E-state index in [9.17, 15) is 27.2 Å². The molecule has 5 aromatic rings. The molecule has 10 heteroatoms. The zero-order chi connectivity index (χ0) is 30.7. The maximum atomic E-state index is 13.4. The number of benzene rings is 3. The van der Waals surface area contributed by atoms with Gasteiger partial charge in [-0.1, -0.05) is 54.6 Å². The number of nitrogens with zero attached hydrogens (tertiary/aromatic N) is 2. The number of ether oxygens (including phenoxy) is 1. The molecular weight excluding hydrogens is 562 g/mol. The third-order valence-electron chi connectivity index (χ3n) is 6.86. The first-order valence-corrected chi connectivity index (χ1v) is 13.1. The second-order valence-corrected chi connectivity index (χ2v) is 9.86. The number of anilines is 1. The number of hydrogen-bond acceptors (Lipinski definition) is 5. The first-order valence-electron chi connectivity index (χ1n) is 13.1. The molecule has 5 rings (SSSR count). The van der Waals surface area contributed by atoms with Gasteiger partial charge in [0.15, 0.2) is 11.2 Å². The van der Waals surface area contributed by atoms with Crippen molar-refractivity contribution in [1.82, 2.24) is 9.55 Å². The fourth-order valence-corrected chi connectivity index (χ4v) is 4.78. The van der Waals surface area contributed by atoms with Gasteiger partial charge in [0.05, 0.1) is 12.7 Å². The minimum Gasteiger partial charge on any atom is -0.496 e. The third kappa shape index (κ3) is 6.64. The minimum atomic E-state index is -4.59. The Morgan fingerprint density at radius 2 is 1.53 bits per heavy atom. The van der Waals surface area contributed by atoms with Gasteiger partial charge in [-0.2, -0.15) is 13.2 Å². The second-order valence-electron chi connectivity index (χ2n) is 9.86. The van der Waals surface area contributed by atoms with Crippen molar-refractivity contribution in [2.24, 2.45) is 0 Å². The fourth-order valence-electron chi connectivity index (χ4n) is 4.78. The van der Waals surface area contributed by atoms with E-state index in [4.69, 9.17) is 10.5 Å². The molecule has 0 atom stereocenters. The third-order valence-corrected chi connectivity index (χ3v) is 6.86. The summed E-state index contributed by atoms with van der Waals surface area (Å²) < 4.78 is 59.3. The van der Waals surface area contributed by atoms with E-state index in [1.54, 1.807) is 37.6 Å². The van der Waals surface area contributed by atoms with Crippen molar-refractivity contribution >= 4 is 11.6 Å². The summed E-state index contributed by atoms with van der Waals surface area (Å²) in [5.74, 6) is -0.256. The highest BCUT2D eigenvalue weighted by atomic mass is 19.4. The van der Waals surface area contributed by atoms with Crippen LogP contribution in [-0.2, 0) is 13.0 Å². The predicted octanol–water partition coefficient (Wildman–Crippen LogP) is 6.96. The molecule has 218 valence electrons. The van der Waals surface area contributed by atoms with E-state index >= 15 is 0 Å². The van der Waals surface area contributed by atoms with Crippen LogP contribution >= 0.6 is 0 Å². The van der Waals surface area contributed by atoms with Gasteiger partial charge in [-0.15, -0.1) is 0 Å². The average Bonchev–Trinajstić information content (AvgIpc) is 2.98. The summed E-state index contributed by atoms with van der Waals surface area (Å²) in [6, 6.07) is 21.0. The lowest BCUT2D eigenvalue weighted by atomic mass is 9.97. The van der Waals surface area contributed by atoms with E-state index in [0.29, 0.717) is 22.7 Å². The Kier molecular flexibility index (Phi) is 8.11. The van der Waals surface area contributed by atoms with Gasteiger partial charge in [0.1, 0.15) is 23.9 Å². The molecule has 0 aliphatic rings. The van der Waals surface area contributed by atoms with Crippen molar-refractivity contribution in [3.63, 3.8) is 0 Å². The molecule has 43 heavy (non-hydrogen) atoms. The summed E-state index contributed by atoms with van der Waals surface area (Å²) >= 11 is 0. The van der Waals surface area contributed by atoms with Gasteiger partial charge >= 0.3 is 6.18 Å². The molecule has 0 radical (unpaired) electrons. The van der Waals surface area contributed by atoms with E-state index in [-0.39, 0.29) is 17.5 Å². The molecular formula is C33H25F4N3O3. The summed E-state index contributed by atoms with van der Waals surface area (Å²) in [6.07, 6.45) is -1.24. The normalized spacial score (nSPS) is 11.4. The van der Waals surface area contributed by atoms with Crippen LogP contribution in [0.3, 0.4) is 0 Å². The van der Waals surface area contributed by atoms with Crippen molar-refractivity contribution in [2.45, 2.75) is 19.1 Å². The van der Waals surface area contributed by atoms with Crippen molar-refractivity contribution in [2.75, 3.05) is 12.8 Å². The fraction of sp³-hybridized carbons (Fsp3) is 0.121. The Morgan fingerprint density at radius 1 is 0.884 bits per heavy atom. The number of alkyl halides is 3. The Balaban J connectivity index is 1.44. The van der Waals surface area contributed by atoms with Crippen LogP contribution in [0, 0.1) is 5.82 Å². The lowest BCUT2D eigenvalue weighted by molar-refractivity contribution is -0.140. The number of carbonyl (C=O) groups excluding carboxylic acids is 1. The molecule has 0 spiro atoms. The number of pyridine rings is 2. The van der Waals surface area contributed by atoms with Crippen LogP contribution in [0.1, 0.15) is 15.9 Å². The molecule has 2 heterocycles. The van der Waals surface area contributed by atoms with Gasteiger partial charge in [0.25, 0.3) is 0 Å². The molecule has 2 N–H and O–H groups in total. The van der Waals surface area contributed by atoms with E-state index in [1.807, 2.05) is 30.3 Å². The van der Waals surface area contributed by atoms with E-state index < -0.39 is 35.3 Å². The molecule has 0 saturated carbocycles. The molecule has 0 fully saturated rings. The van der Waals surface area contributed by atoms with Gasteiger partial charge in [-0.3, -0.25) is 9.59 Å². The summed E-state index contributed by atoms with van der Waals surface area (Å²) in [4.78, 5) is 30.8. The number of aromatic nitrogens is 2. The van der Waals surface area contributed by atoms with Gasteiger partial charge in [0, 0.05) is 47.3 Å². The molecule has 2 aromatic heterocycles. The molecule has 3 aromatic carbocycles. The smallest absolute Gasteiger partial charge is 0.406 e. The maximum Gasteiger partial charge on any atom is 0.406 e. The van der Waals surface area contributed by atoms with Crippen molar-refractivity contribution < 1.29 is 27.1 Å². The molecule has 0 aliphatic carbocycles. The van der Waals surface area contributed by atoms with Crippen LogP contribution < -0.4 is 15.9 Å². The zero-order valence-electron chi connectivity index (χ0n) is 22.9. The SMILES string of the molecule is COc1ccccc1-c1cnc(N)c(-c2ccc(CC(=O)c3cn(CC(F)(F)F)cc(-c4ccc(F)cc4)c3=O)cc2)c1. The summed E-state index contributed by atoms with van der Waals surface area (Å²) in [5.41, 5.74) is 8.65. The lowest BCUT2D eigenvalue weighted by Crippen LogP contribution is -2.24. The van der Waals surface area contributed by atoms with Crippen LogP contribution in [0.5, 0.6) is 5.75 Å². The number of nitrogen functional groups attached to an aromatic ring is 1. The molecule has 0 unspecified atom stereocenters. The summed E-state index contributed by atoms with van der Waals surface area (Å²) in [5, 5.41) is 0. The number of halogens is 4. The van der Waals surface area contributed by atoms with Crippen molar-refractivity contribution in [3.8, 4) is 39.1 Å². The molecule has 6 nitrogen and oxygen atoms in total. The number of para-hydroxylation sites is 1. The second kappa shape index (κ2) is 11.9. The van der Waals surface area contributed by atoms with Gasteiger partial charge in [0.2, 0.25) is 0 Å². The predicted molar refractivity (Wildman–Crippen MR) is 156 cm³/mol. The first kappa shape index (κ1) is 29.2. The van der Waals surface area contributed by atoms with Crippen molar-refractivity contribution in [3.05, 3.63) is 125 Å². The highest BCUT2D eigenvalue weighted by Crippen LogP contribution is 2.34. The standard InChI is InChI=1S/C33H25F4N3O3/c1-43-30-5-3-2-4-25(30)23-15-26(32(38)39-16-23)21-8-6-20(7-9-21)14-29(41)28-18-40(19-33(35,36)37)17-27(31(28)42)22-10-12-24(34)13-11-22/h2-13,15-18H,14,19H2,1H3,(H2,38,39). The zero-order valence-corrected chi connectivity index (χ0v) is 22.9. The number of Topliss-reactive ketones (excluding diaryl/α,β-unsaturated/α-hetero) is 1. The number of ketones is 1. The number of hydrogen-bond donors (Lipinski definition) is 1. The number of nitrogens with two attached hydrogens (primary N) is 1. The van der Waals surface area contributed by atoms with Gasteiger partial charge in [-0.05, 0) is 41.0 Å². The van der Waals surface area contributed by atoms with Gasteiger partial charge < -0.3 is 15.0 Å². The Morgan fingerprint density at radius 3 is 2.21 bits per heavy atom. The monoisotopic (exact) mass is 587 g/mol. The molecule has 0 saturated heterocycles. The number of methoxy groups -OCH3 is 1. The van der Waals surface area contributed by atoms with Crippen LogP contribution in [0.4, 0.5) is 23.4 Å². The quantitative estimate of drug-likeness (QED) is 0.157. The van der Waals surface area contributed by atoms with Crippen LogP contribution in [0.2, 0.25) is 0 Å². The summed E-state index contributed by atoms with van der Waals surface area (Å²) in [7, 11) is 1.58. The molecule has 0 amide bonds. The van der Waals surface area contributed by atoms with E-state index in [2.05, 4.69) is 4.98 Å². The van der Waals surface area contributed by atoms with Crippen molar-refractivity contribution in [1.29, 1.82) is 0 Å². The Hall–Kier alpha value is -5.25. The largest absolute Gasteiger partial charge is 0.496 e. The molecule has 0 bridgehead atoms. The average molecular weight is 588 g/mol. The Bertz CT molecular complexity index is 1850. The van der Waals surface area contributed by atoms with E-state index in [0.717, 1.165) is 45.8 Å². The van der Waals surface area contributed by atoms with Crippen LogP contribution in [0.15, 0.2) is 102 Å². The number of rotatable bonds is 8. The van der Waals surface area contributed by atoms with Gasteiger partial charge in [-0.25, -0.2) is 9.37 Å². The topological polar surface area (TPSA) is 87.2 Å². The molecule has 0 aliphatic heterocycles. The maximum absolute atomic E-state index is 13.4. The van der Waals surface area contributed by atoms with E-state index in [1.165, 1.54) is 12.1 Å². The summed E-state index contributed by atoms with van der Waals surface area (Å²) in [6.45, 7) is -1.40. The number of carbonyl (C=O) groups is 1. The highest BCUT2D eigenvalue weighted by Gasteiger charge is 2.29. The van der Waals surface area contributed by atoms with Crippen LogP contribution in [0.25, 0.3) is 33.4 Å². The minimum absolute atomic E-state index is 0.136. The highest BCUT2D eigenvalue weighted by molar-refractivity contribution is 5.98. The lowest BCUT2D eigenvalue weighted by Gasteiger charge is -2.14.